The summed E-state index contributed by atoms with van der Waals surface area (Å²) in [6, 6.07) is 1.73. The molecule has 1 aliphatic rings. The molecule has 1 amide bonds. The van der Waals surface area contributed by atoms with Gasteiger partial charge in [-0.05, 0) is 26.8 Å². The van der Waals surface area contributed by atoms with Crippen LogP contribution in [0.15, 0.2) is 29.5 Å². The molecule has 36 heavy (non-hydrogen) atoms. The number of nitrogens with one attached hydrogen (secondary N) is 2. The van der Waals surface area contributed by atoms with E-state index in [2.05, 4.69) is 30.4 Å². The summed E-state index contributed by atoms with van der Waals surface area (Å²) in [7, 11) is 1.90. The molecular formula is C24H26N8O3S. The number of amides is 1. The van der Waals surface area contributed by atoms with E-state index >= 15 is 0 Å². The van der Waals surface area contributed by atoms with Gasteiger partial charge in [-0.2, -0.15) is 10.2 Å². The second-order valence-corrected chi connectivity index (χ2v) is 10.4. The molecule has 1 saturated heterocycles. The Morgan fingerprint density at radius 3 is 2.75 bits per heavy atom. The zero-order valence-corrected chi connectivity index (χ0v) is 21.2. The minimum Gasteiger partial charge on any atom is -0.373 e. The lowest BCUT2D eigenvalue weighted by atomic mass is 10.2. The third kappa shape index (κ3) is 3.87. The molecule has 5 aromatic heterocycles. The summed E-state index contributed by atoms with van der Waals surface area (Å²) in [6.07, 6.45) is 5.51. The van der Waals surface area contributed by atoms with E-state index in [9.17, 15) is 9.59 Å². The summed E-state index contributed by atoms with van der Waals surface area (Å²) >= 11 is 1.49. The first-order chi connectivity index (χ1) is 17.3. The molecule has 0 unspecified atom stereocenters. The van der Waals surface area contributed by atoms with E-state index in [1.54, 1.807) is 16.8 Å². The van der Waals surface area contributed by atoms with E-state index in [-0.39, 0.29) is 30.2 Å². The molecule has 1 aliphatic heterocycles. The first kappa shape index (κ1) is 22.8. The zero-order valence-electron chi connectivity index (χ0n) is 20.4. The molecule has 11 nitrogen and oxygen atoms in total. The molecule has 2 atom stereocenters. The van der Waals surface area contributed by atoms with Crippen molar-refractivity contribution < 1.29 is 9.53 Å². The fourth-order valence-electron chi connectivity index (χ4n) is 4.90. The molecule has 2 N–H and O–H groups in total. The van der Waals surface area contributed by atoms with Gasteiger partial charge < -0.3 is 15.0 Å². The van der Waals surface area contributed by atoms with Gasteiger partial charge in [0.1, 0.15) is 21.3 Å². The highest BCUT2D eigenvalue weighted by Crippen LogP contribution is 2.34. The number of aromatic nitrogens is 6. The predicted molar refractivity (Wildman–Crippen MR) is 139 cm³/mol. The number of carbonyl (C=O) groups is 1. The Labute approximate surface area is 209 Å². The average molecular weight is 507 g/mol. The number of nitrogens with zero attached hydrogens (tertiary/aromatic N) is 6. The van der Waals surface area contributed by atoms with Crippen LogP contribution in [0.2, 0.25) is 0 Å². The summed E-state index contributed by atoms with van der Waals surface area (Å²) in [5.41, 5.74) is 3.96. The Balaban J connectivity index is 1.30. The van der Waals surface area contributed by atoms with Gasteiger partial charge >= 0.3 is 0 Å². The molecule has 6 rings (SSSR count). The summed E-state index contributed by atoms with van der Waals surface area (Å²) in [4.78, 5) is 37.0. The maximum atomic E-state index is 13.1. The lowest BCUT2D eigenvalue weighted by molar-refractivity contribution is -0.121. The molecular weight excluding hydrogens is 480 g/mol. The molecule has 0 radical (unpaired) electrons. The molecule has 186 valence electrons. The Kier molecular flexibility index (Phi) is 5.39. The highest BCUT2D eigenvalue weighted by atomic mass is 32.1. The highest BCUT2D eigenvalue weighted by molar-refractivity contribution is 7.21. The molecule has 5 aromatic rings. The largest absolute Gasteiger partial charge is 0.373 e. The van der Waals surface area contributed by atoms with Crippen molar-refractivity contribution >= 4 is 49.7 Å². The standard InChI is InChI=1S/C24H26N8O3S/c1-12-8-31(9-13(2)35-12)11-19(33)27-15-5-17-21(25-6-15)22-20(23(34)28-17)24-32(29-22)10-18(36-24)16-7-26-30(4)14(16)3/h5-7,10,12-13H,8-9,11H2,1-4H3,(H,27,33)(H,28,34)/t12-,13-/m1/s1. The predicted octanol–water partition coefficient (Wildman–Crippen LogP) is 2.54. The fourth-order valence-corrected chi connectivity index (χ4v) is 6.05. The number of carbonyl (C=O) groups excluding carboxylic acids is 1. The van der Waals surface area contributed by atoms with Crippen molar-refractivity contribution in [3.63, 3.8) is 0 Å². The maximum Gasteiger partial charge on any atom is 0.261 e. The van der Waals surface area contributed by atoms with Gasteiger partial charge in [0.2, 0.25) is 5.91 Å². The number of hydrogen-bond acceptors (Lipinski definition) is 8. The zero-order chi connectivity index (χ0) is 25.1. The number of aryl methyl sites for hydroxylation is 1. The number of morpholine rings is 1. The maximum absolute atomic E-state index is 13.1. The lowest BCUT2D eigenvalue weighted by Gasteiger charge is -2.34. The molecule has 12 heteroatoms. The van der Waals surface area contributed by atoms with Crippen molar-refractivity contribution in [1.29, 1.82) is 0 Å². The summed E-state index contributed by atoms with van der Waals surface area (Å²) in [5.74, 6) is -0.137. The Morgan fingerprint density at radius 1 is 1.25 bits per heavy atom. The van der Waals surface area contributed by atoms with Gasteiger partial charge in [0.05, 0.1) is 47.2 Å². The molecule has 0 bridgehead atoms. The van der Waals surface area contributed by atoms with Gasteiger partial charge in [0.15, 0.2) is 0 Å². The van der Waals surface area contributed by atoms with Crippen LogP contribution < -0.4 is 10.9 Å². The smallest absolute Gasteiger partial charge is 0.261 e. The van der Waals surface area contributed by atoms with Crippen molar-refractivity contribution in [2.75, 3.05) is 25.0 Å². The van der Waals surface area contributed by atoms with Crippen LogP contribution >= 0.6 is 11.3 Å². The molecule has 0 spiro atoms. The van der Waals surface area contributed by atoms with Crippen LogP contribution in [-0.4, -0.2) is 72.0 Å². The SMILES string of the molecule is Cc1c(-c2cn3nc4c5ncc(NC(=O)CN6C[C@@H](C)O[C@H](C)C6)cc5[nH]c(=O)c4c3s2)cnn1C. The van der Waals surface area contributed by atoms with Crippen molar-refractivity contribution in [3.05, 3.63) is 40.7 Å². The Morgan fingerprint density at radius 2 is 2.03 bits per heavy atom. The average Bonchev–Trinajstić information content (AvgIpc) is 3.45. The summed E-state index contributed by atoms with van der Waals surface area (Å²) < 4.78 is 9.28. The van der Waals surface area contributed by atoms with Crippen LogP contribution in [0.25, 0.3) is 37.2 Å². The summed E-state index contributed by atoms with van der Waals surface area (Å²) in [5, 5.41) is 12.4. The molecule has 0 saturated carbocycles. The van der Waals surface area contributed by atoms with Gasteiger partial charge in [0, 0.05) is 37.6 Å². The van der Waals surface area contributed by atoms with Crippen LogP contribution in [0.5, 0.6) is 0 Å². The third-order valence-electron chi connectivity index (χ3n) is 6.55. The molecule has 6 heterocycles. The Hall–Kier alpha value is -3.61. The number of fused-ring (bicyclic) bond motifs is 5. The van der Waals surface area contributed by atoms with E-state index in [0.717, 1.165) is 21.0 Å². The van der Waals surface area contributed by atoms with Crippen molar-refractivity contribution in [3.8, 4) is 10.4 Å². The van der Waals surface area contributed by atoms with Crippen molar-refractivity contribution in [2.45, 2.75) is 33.0 Å². The van der Waals surface area contributed by atoms with E-state index in [1.807, 2.05) is 44.9 Å². The lowest BCUT2D eigenvalue weighted by Crippen LogP contribution is -2.48. The molecule has 1 fully saturated rings. The number of ether oxygens (including phenoxy) is 1. The number of anilines is 1. The topological polar surface area (TPSA) is 122 Å². The van der Waals surface area contributed by atoms with Crippen LogP contribution in [0.1, 0.15) is 19.5 Å². The van der Waals surface area contributed by atoms with Gasteiger partial charge in [-0.15, -0.1) is 11.3 Å². The first-order valence-electron chi connectivity index (χ1n) is 11.8. The minimum atomic E-state index is -0.245. The number of thiazole rings is 1. The second-order valence-electron chi connectivity index (χ2n) is 9.41. The van der Waals surface area contributed by atoms with Crippen LogP contribution in [0.4, 0.5) is 5.69 Å². The normalized spacial score (nSPS) is 19.0. The first-order valence-corrected chi connectivity index (χ1v) is 12.6. The molecule has 0 aromatic carbocycles. The quantitative estimate of drug-likeness (QED) is 0.384. The second kappa shape index (κ2) is 8.50. The number of hydrogen-bond donors (Lipinski definition) is 2. The minimum absolute atomic E-state index is 0.0883. The number of H-pyrrole nitrogens is 1. The summed E-state index contributed by atoms with van der Waals surface area (Å²) in [6.45, 7) is 7.70. The van der Waals surface area contributed by atoms with E-state index in [4.69, 9.17) is 4.74 Å². The van der Waals surface area contributed by atoms with Gasteiger partial charge in [-0.3, -0.25) is 24.2 Å². The van der Waals surface area contributed by atoms with Crippen LogP contribution in [0, 0.1) is 6.92 Å². The monoisotopic (exact) mass is 506 g/mol. The van der Waals surface area contributed by atoms with E-state index < -0.39 is 0 Å². The van der Waals surface area contributed by atoms with Gasteiger partial charge in [-0.25, -0.2) is 4.52 Å². The van der Waals surface area contributed by atoms with E-state index in [0.29, 0.717) is 40.7 Å². The highest BCUT2D eigenvalue weighted by Gasteiger charge is 2.24. The fraction of sp³-hybridized carbons (Fsp3) is 0.375. The van der Waals surface area contributed by atoms with Crippen LogP contribution in [-0.2, 0) is 16.6 Å². The van der Waals surface area contributed by atoms with Crippen molar-refractivity contribution in [1.82, 2.24) is 34.3 Å². The molecule has 0 aliphatic carbocycles. The number of pyridine rings is 2. The van der Waals surface area contributed by atoms with Crippen molar-refractivity contribution in [2.24, 2.45) is 7.05 Å². The van der Waals surface area contributed by atoms with Crippen LogP contribution in [0.3, 0.4) is 0 Å². The Bertz CT molecular complexity index is 1690. The number of aromatic amines is 1. The van der Waals surface area contributed by atoms with Gasteiger partial charge in [-0.1, -0.05) is 0 Å². The third-order valence-corrected chi connectivity index (χ3v) is 7.68. The number of rotatable bonds is 4. The van der Waals surface area contributed by atoms with E-state index in [1.165, 1.54) is 11.3 Å². The van der Waals surface area contributed by atoms with Gasteiger partial charge in [0.25, 0.3) is 5.56 Å².